The van der Waals surface area contributed by atoms with Crippen LogP contribution in [0.4, 0.5) is 20.6 Å². The fraction of sp³-hybridized carbons (Fsp3) is 0.424. The van der Waals surface area contributed by atoms with E-state index in [1.54, 1.807) is 28.5 Å². The summed E-state index contributed by atoms with van der Waals surface area (Å²) < 4.78 is 29.2. The molecule has 2 aliphatic carbocycles. The molecule has 10 nitrogen and oxygen atoms in total. The lowest BCUT2D eigenvalue weighted by atomic mass is 9.92. The zero-order chi connectivity index (χ0) is 31.6. The van der Waals surface area contributed by atoms with E-state index >= 15 is 4.39 Å². The van der Waals surface area contributed by atoms with Gasteiger partial charge in [-0.1, -0.05) is 23.4 Å². The number of rotatable bonds is 6. The first-order chi connectivity index (χ1) is 21.6. The number of piperazine rings is 1. The summed E-state index contributed by atoms with van der Waals surface area (Å²) in [5.74, 6) is 4.94. The number of benzene rings is 2. The van der Waals surface area contributed by atoms with E-state index in [0.29, 0.717) is 48.3 Å². The largest absolute Gasteiger partial charge is 0.492 e. The van der Waals surface area contributed by atoms with Crippen molar-refractivity contribution in [3.63, 3.8) is 0 Å². The second-order valence-electron chi connectivity index (χ2n) is 12.2. The smallest absolute Gasteiger partial charge is 0.417 e. The normalized spacial score (nSPS) is 21.6. The molecule has 1 amide bonds. The molecule has 1 atom stereocenters. The van der Waals surface area contributed by atoms with E-state index in [-0.39, 0.29) is 29.5 Å². The van der Waals surface area contributed by atoms with Crippen LogP contribution in [-0.4, -0.2) is 66.6 Å². The lowest BCUT2D eigenvalue weighted by Gasteiger charge is -2.42. The summed E-state index contributed by atoms with van der Waals surface area (Å²) in [6.45, 7) is 3.88. The van der Waals surface area contributed by atoms with E-state index in [4.69, 9.17) is 21.1 Å². The number of carbonyl (C=O) groups excluding carboxylic acids is 1. The van der Waals surface area contributed by atoms with Gasteiger partial charge >= 0.3 is 12.1 Å². The molecule has 0 bridgehead atoms. The number of aromatic carboxylic acids is 1. The SMILES string of the molecule is COc1c(N2CCN(CN3C(=O)O[C@@](C)(C#CC4CC4)c4cc(Cl)ccc43)CC2)c(F)cc2c(=O)c(C(=O)O)cn(C3CC3)c12. The number of nitrogens with zero attached hydrogens (tertiary/aromatic N) is 4. The molecule has 45 heavy (non-hydrogen) atoms. The zero-order valence-electron chi connectivity index (χ0n) is 24.9. The van der Waals surface area contributed by atoms with Crippen LogP contribution in [0.2, 0.25) is 5.02 Å². The molecule has 12 heteroatoms. The quantitative estimate of drug-likeness (QED) is 0.369. The van der Waals surface area contributed by atoms with Gasteiger partial charge in [0.1, 0.15) is 11.3 Å². The van der Waals surface area contributed by atoms with Crippen LogP contribution in [0.1, 0.15) is 54.6 Å². The monoisotopic (exact) mass is 634 g/mol. The van der Waals surface area contributed by atoms with Crippen molar-refractivity contribution in [2.75, 3.05) is 49.8 Å². The number of amides is 1. The lowest BCUT2D eigenvalue weighted by Crippen LogP contribution is -2.54. The first kappa shape index (κ1) is 29.4. The van der Waals surface area contributed by atoms with Crippen molar-refractivity contribution in [1.82, 2.24) is 9.47 Å². The number of hydrogen-bond donors (Lipinski definition) is 1. The molecule has 3 heterocycles. The van der Waals surface area contributed by atoms with E-state index in [9.17, 15) is 19.5 Å². The Morgan fingerprint density at radius 2 is 1.89 bits per heavy atom. The third kappa shape index (κ3) is 5.26. The van der Waals surface area contributed by atoms with E-state index in [1.165, 1.54) is 13.3 Å². The fourth-order valence-electron chi connectivity index (χ4n) is 6.24. The highest BCUT2D eigenvalue weighted by atomic mass is 35.5. The fourth-order valence-corrected chi connectivity index (χ4v) is 6.41. The molecule has 0 spiro atoms. The van der Waals surface area contributed by atoms with E-state index in [0.717, 1.165) is 37.3 Å². The van der Waals surface area contributed by atoms with Crippen molar-refractivity contribution in [2.45, 2.75) is 44.2 Å². The van der Waals surface area contributed by atoms with Crippen molar-refractivity contribution in [2.24, 2.45) is 5.92 Å². The molecule has 1 aromatic heterocycles. The predicted octanol–water partition coefficient (Wildman–Crippen LogP) is 5.20. The van der Waals surface area contributed by atoms with Gasteiger partial charge in [-0.05, 0) is 56.9 Å². The maximum atomic E-state index is 15.8. The van der Waals surface area contributed by atoms with Crippen LogP contribution in [0.5, 0.6) is 5.75 Å². The molecule has 1 N–H and O–H groups in total. The molecule has 7 rings (SSSR count). The minimum Gasteiger partial charge on any atom is -0.492 e. The number of aromatic nitrogens is 1. The molecule has 2 saturated carbocycles. The number of cyclic esters (lactones) is 1. The van der Waals surface area contributed by atoms with Crippen LogP contribution in [-0.2, 0) is 10.3 Å². The van der Waals surface area contributed by atoms with Gasteiger partial charge in [-0.25, -0.2) is 14.0 Å². The second kappa shape index (κ2) is 11.0. The van der Waals surface area contributed by atoms with Crippen LogP contribution >= 0.6 is 11.6 Å². The second-order valence-corrected chi connectivity index (χ2v) is 12.7. The molecule has 1 saturated heterocycles. The Hall–Kier alpha value is -4.27. The Kier molecular flexibility index (Phi) is 7.17. The first-order valence-corrected chi connectivity index (χ1v) is 15.4. The topological polar surface area (TPSA) is 105 Å². The molecule has 4 aliphatic rings. The van der Waals surface area contributed by atoms with Gasteiger partial charge in [-0.3, -0.25) is 14.6 Å². The van der Waals surface area contributed by atoms with E-state index < -0.39 is 34.5 Å². The maximum absolute atomic E-state index is 15.8. The highest BCUT2D eigenvalue weighted by molar-refractivity contribution is 6.30. The third-order valence-electron chi connectivity index (χ3n) is 8.97. The minimum absolute atomic E-state index is 0.0128. The number of carboxylic acids is 1. The standard InChI is InChI=1S/C33H32ClFN4O6/c1-33(10-9-19-3-4-19)24-15-20(34)5-8-26(24)39(32(43)45-33)18-36-11-13-37(14-12-36)28-25(35)16-22-27(30(28)44-2)38(21-6-7-21)17-23(29(22)40)31(41)42/h5,8,15-17,19,21H,3-4,6-7,11-14,18H2,1-2H3,(H,41,42)/t33-/m0/s1. The number of hydrogen-bond acceptors (Lipinski definition) is 7. The Morgan fingerprint density at radius 1 is 1.16 bits per heavy atom. The highest BCUT2D eigenvalue weighted by Gasteiger charge is 2.42. The summed E-state index contributed by atoms with van der Waals surface area (Å²) >= 11 is 6.35. The molecule has 3 aromatic rings. The number of anilines is 2. The third-order valence-corrected chi connectivity index (χ3v) is 9.21. The van der Waals surface area contributed by atoms with Crippen molar-refractivity contribution in [3.05, 3.63) is 62.7 Å². The number of methoxy groups -OCH3 is 1. The van der Waals surface area contributed by atoms with E-state index in [1.807, 2.05) is 11.0 Å². The Bertz CT molecular complexity index is 1870. The summed E-state index contributed by atoms with van der Waals surface area (Å²) in [4.78, 5) is 43.7. The number of pyridine rings is 1. The number of ether oxygens (including phenoxy) is 2. The molecule has 0 unspecified atom stereocenters. The van der Waals surface area contributed by atoms with E-state index in [2.05, 4.69) is 16.7 Å². The number of halogens is 2. The number of carboxylic acid groups (broad SMARTS) is 1. The van der Waals surface area contributed by atoms with Gasteiger partial charge in [0.15, 0.2) is 17.2 Å². The predicted molar refractivity (Wildman–Crippen MR) is 167 cm³/mol. The van der Waals surface area contributed by atoms with Gasteiger partial charge in [0, 0.05) is 54.9 Å². The minimum atomic E-state index is -1.35. The Labute approximate surface area is 263 Å². The average Bonchev–Trinajstić information content (AvgIpc) is 3.94. The van der Waals surface area contributed by atoms with Crippen LogP contribution < -0.4 is 20.0 Å². The summed E-state index contributed by atoms with van der Waals surface area (Å²) in [6, 6.07) is 6.50. The number of carbonyl (C=O) groups is 2. The van der Waals surface area contributed by atoms with Crippen LogP contribution in [0.3, 0.4) is 0 Å². The molecule has 2 aromatic carbocycles. The molecular formula is C33H32ClFN4O6. The van der Waals surface area contributed by atoms with Crippen molar-refractivity contribution < 1.29 is 28.6 Å². The van der Waals surface area contributed by atoms with Crippen LogP contribution in [0.15, 0.2) is 35.3 Å². The van der Waals surface area contributed by atoms with Crippen LogP contribution in [0.25, 0.3) is 10.9 Å². The van der Waals surface area contributed by atoms with Crippen molar-refractivity contribution in [3.8, 4) is 17.6 Å². The lowest BCUT2D eigenvalue weighted by molar-refractivity contribution is 0.0598. The molecular weight excluding hydrogens is 603 g/mol. The Morgan fingerprint density at radius 3 is 2.53 bits per heavy atom. The highest BCUT2D eigenvalue weighted by Crippen LogP contribution is 2.44. The average molecular weight is 635 g/mol. The summed E-state index contributed by atoms with van der Waals surface area (Å²) in [7, 11) is 1.43. The summed E-state index contributed by atoms with van der Waals surface area (Å²) in [5, 5.41) is 10.1. The molecule has 234 valence electrons. The number of fused-ring (bicyclic) bond motifs is 2. The van der Waals surface area contributed by atoms with Crippen LogP contribution in [0, 0.1) is 23.6 Å². The summed E-state index contributed by atoms with van der Waals surface area (Å²) in [5.41, 5.74) is -0.202. The summed E-state index contributed by atoms with van der Waals surface area (Å²) in [6.07, 6.45) is 4.60. The Balaban J connectivity index is 1.15. The first-order valence-electron chi connectivity index (χ1n) is 15.1. The zero-order valence-corrected chi connectivity index (χ0v) is 25.7. The van der Waals surface area contributed by atoms with Gasteiger partial charge in [-0.2, -0.15) is 0 Å². The van der Waals surface area contributed by atoms with Gasteiger partial charge in [0.05, 0.1) is 30.4 Å². The molecule has 2 aliphatic heterocycles. The van der Waals surface area contributed by atoms with Gasteiger partial charge in [-0.15, -0.1) is 0 Å². The maximum Gasteiger partial charge on any atom is 0.417 e. The molecule has 3 fully saturated rings. The van der Waals surface area contributed by atoms with Crippen molar-refractivity contribution in [1.29, 1.82) is 0 Å². The van der Waals surface area contributed by atoms with Gasteiger partial charge in [0.2, 0.25) is 5.43 Å². The van der Waals surface area contributed by atoms with Gasteiger partial charge < -0.3 is 24.0 Å². The molecule has 0 radical (unpaired) electrons. The van der Waals surface area contributed by atoms with Crippen molar-refractivity contribution >= 4 is 45.9 Å². The van der Waals surface area contributed by atoms with Gasteiger partial charge in [0.25, 0.3) is 0 Å².